The van der Waals surface area contributed by atoms with Crippen LogP contribution >= 0.6 is 24.0 Å². The zero-order chi connectivity index (χ0) is 20.4. The van der Waals surface area contributed by atoms with E-state index in [0.717, 1.165) is 32.0 Å². The van der Waals surface area contributed by atoms with Crippen LogP contribution in [-0.2, 0) is 11.2 Å². The Labute approximate surface area is 193 Å². The fraction of sp³-hybridized carbons (Fsp3) is 0.636. The van der Waals surface area contributed by atoms with Crippen LogP contribution in [-0.4, -0.2) is 76.0 Å². The largest absolute Gasteiger partial charge is 0.356 e. The Bertz CT molecular complexity index is 627. The highest BCUT2D eigenvalue weighted by molar-refractivity contribution is 14.0. The summed E-state index contributed by atoms with van der Waals surface area (Å²) < 4.78 is 0. The molecular weight excluding hydrogens is 477 g/mol. The molecule has 1 aliphatic rings. The van der Waals surface area contributed by atoms with Gasteiger partial charge in [-0.25, -0.2) is 4.99 Å². The molecule has 29 heavy (non-hydrogen) atoms. The fourth-order valence-electron chi connectivity index (χ4n) is 3.89. The average Bonchev–Trinajstić information content (AvgIpc) is 3.11. The van der Waals surface area contributed by atoms with Gasteiger partial charge in [-0.1, -0.05) is 43.2 Å². The second-order valence-electron chi connectivity index (χ2n) is 8.41. The Kier molecular flexibility index (Phi) is 11.6. The Morgan fingerprint density at radius 3 is 2.31 bits per heavy atom. The molecular formula is C22H38IN5O. The zero-order valence-corrected chi connectivity index (χ0v) is 20.7. The first-order valence-corrected chi connectivity index (χ1v) is 10.3. The smallest absolute Gasteiger partial charge is 0.243 e. The lowest BCUT2D eigenvalue weighted by atomic mass is 9.85. The van der Waals surface area contributed by atoms with Crippen molar-refractivity contribution in [3.63, 3.8) is 0 Å². The summed E-state index contributed by atoms with van der Waals surface area (Å²) in [6, 6.07) is 10.4. The maximum Gasteiger partial charge on any atom is 0.243 e. The van der Waals surface area contributed by atoms with E-state index in [9.17, 15) is 4.79 Å². The Morgan fingerprint density at radius 2 is 1.72 bits per heavy atom. The van der Waals surface area contributed by atoms with Gasteiger partial charge >= 0.3 is 0 Å². The van der Waals surface area contributed by atoms with Crippen LogP contribution in [0.4, 0.5) is 0 Å². The molecule has 1 fully saturated rings. The standard InChI is InChI=1S/C22H37N5O.HI/c1-26(2)18-22(13-8-9-14-22)17-25-21(24-16-20(28)27(3)4)23-15-12-19-10-6-5-7-11-19;/h5-7,10-11H,8-9,12-18H2,1-4H3,(H2,23,24,25);1H. The Hall–Kier alpha value is -1.35. The van der Waals surface area contributed by atoms with Gasteiger partial charge in [-0.05, 0) is 38.9 Å². The summed E-state index contributed by atoms with van der Waals surface area (Å²) in [4.78, 5) is 20.4. The van der Waals surface area contributed by atoms with Crippen LogP contribution < -0.4 is 10.6 Å². The van der Waals surface area contributed by atoms with Crippen LogP contribution in [0.1, 0.15) is 31.2 Å². The lowest BCUT2D eigenvalue weighted by molar-refractivity contribution is -0.127. The van der Waals surface area contributed by atoms with Crippen molar-refractivity contribution in [2.24, 2.45) is 10.4 Å². The number of benzene rings is 1. The van der Waals surface area contributed by atoms with Crippen molar-refractivity contribution >= 4 is 35.8 Å². The van der Waals surface area contributed by atoms with Crippen molar-refractivity contribution in [2.75, 3.05) is 54.4 Å². The molecule has 0 atom stereocenters. The molecule has 0 bridgehead atoms. The van der Waals surface area contributed by atoms with Gasteiger partial charge in [0.25, 0.3) is 0 Å². The van der Waals surface area contributed by atoms with Gasteiger partial charge in [0, 0.05) is 39.1 Å². The van der Waals surface area contributed by atoms with Gasteiger partial charge in [-0.15, -0.1) is 24.0 Å². The Balaban J connectivity index is 0.00000420. The van der Waals surface area contributed by atoms with Crippen LogP contribution in [0.25, 0.3) is 0 Å². The van der Waals surface area contributed by atoms with E-state index in [2.05, 4.69) is 58.9 Å². The second kappa shape index (κ2) is 13.1. The summed E-state index contributed by atoms with van der Waals surface area (Å²) in [5, 5.41) is 6.94. The van der Waals surface area contributed by atoms with Gasteiger partial charge in [0.1, 0.15) is 6.54 Å². The number of likely N-dealkylation sites (N-methyl/N-ethyl adjacent to an activating group) is 1. The number of nitrogens with one attached hydrogen (secondary N) is 2. The topological polar surface area (TPSA) is 60.0 Å². The molecule has 0 saturated heterocycles. The summed E-state index contributed by atoms with van der Waals surface area (Å²) in [7, 11) is 7.81. The highest BCUT2D eigenvalue weighted by Crippen LogP contribution is 2.37. The monoisotopic (exact) mass is 515 g/mol. The van der Waals surface area contributed by atoms with Crippen molar-refractivity contribution in [3.05, 3.63) is 35.9 Å². The van der Waals surface area contributed by atoms with Crippen molar-refractivity contribution in [2.45, 2.75) is 32.1 Å². The quantitative estimate of drug-likeness (QED) is 0.302. The lowest BCUT2D eigenvalue weighted by Gasteiger charge is -2.33. The molecule has 7 heteroatoms. The molecule has 0 unspecified atom stereocenters. The molecule has 1 saturated carbocycles. The number of rotatable bonds is 9. The number of carbonyl (C=O) groups excluding carboxylic acids is 1. The number of hydrogen-bond acceptors (Lipinski definition) is 3. The number of guanidine groups is 1. The molecule has 1 amide bonds. The van der Waals surface area contributed by atoms with Crippen molar-refractivity contribution in [1.29, 1.82) is 0 Å². The number of amides is 1. The molecule has 1 aliphatic carbocycles. The lowest BCUT2D eigenvalue weighted by Crippen LogP contribution is -2.47. The molecule has 0 spiro atoms. The molecule has 2 N–H and O–H groups in total. The molecule has 6 nitrogen and oxygen atoms in total. The summed E-state index contributed by atoms with van der Waals surface area (Å²) in [6.07, 6.45) is 6.00. The number of hydrogen-bond donors (Lipinski definition) is 2. The maximum atomic E-state index is 12.0. The van der Waals surface area contributed by atoms with Gasteiger partial charge in [-0.2, -0.15) is 0 Å². The fourth-order valence-corrected chi connectivity index (χ4v) is 3.89. The summed E-state index contributed by atoms with van der Waals surface area (Å²) >= 11 is 0. The summed E-state index contributed by atoms with van der Waals surface area (Å²) in [5.41, 5.74) is 1.58. The van der Waals surface area contributed by atoms with Crippen molar-refractivity contribution in [3.8, 4) is 0 Å². The van der Waals surface area contributed by atoms with E-state index >= 15 is 0 Å². The first-order chi connectivity index (χ1) is 13.4. The predicted octanol–water partition coefficient (Wildman–Crippen LogP) is 2.59. The van der Waals surface area contributed by atoms with Gasteiger partial charge in [-0.3, -0.25) is 4.79 Å². The first-order valence-electron chi connectivity index (χ1n) is 10.3. The molecule has 2 rings (SSSR count). The van der Waals surface area contributed by atoms with Crippen LogP contribution in [0.3, 0.4) is 0 Å². The van der Waals surface area contributed by atoms with E-state index in [0.29, 0.717) is 0 Å². The van der Waals surface area contributed by atoms with E-state index in [-0.39, 0.29) is 41.8 Å². The van der Waals surface area contributed by atoms with Crippen LogP contribution in [0, 0.1) is 5.41 Å². The molecule has 0 aliphatic heterocycles. The maximum absolute atomic E-state index is 12.0. The zero-order valence-electron chi connectivity index (χ0n) is 18.4. The highest BCUT2D eigenvalue weighted by atomic mass is 127. The molecule has 1 aromatic rings. The number of aliphatic imine (C=N–C) groups is 1. The van der Waals surface area contributed by atoms with Crippen LogP contribution in [0.15, 0.2) is 35.3 Å². The summed E-state index contributed by atoms with van der Waals surface area (Å²) in [6.45, 7) is 2.91. The van der Waals surface area contributed by atoms with Crippen molar-refractivity contribution < 1.29 is 4.79 Å². The van der Waals surface area contributed by atoms with Gasteiger partial charge in [0.15, 0.2) is 5.96 Å². The predicted molar refractivity (Wildman–Crippen MR) is 132 cm³/mol. The average molecular weight is 515 g/mol. The minimum atomic E-state index is 0. The highest BCUT2D eigenvalue weighted by Gasteiger charge is 2.34. The van der Waals surface area contributed by atoms with E-state index in [4.69, 9.17) is 0 Å². The third-order valence-corrected chi connectivity index (χ3v) is 5.37. The summed E-state index contributed by atoms with van der Waals surface area (Å²) in [5.74, 6) is 0.740. The van der Waals surface area contributed by atoms with Crippen LogP contribution in [0.2, 0.25) is 0 Å². The second-order valence-corrected chi connectivity index (χ2v) is 8.41. The number of carbonyl (C=O) groups is 1. The normalized spacial score (nSPS) is 15.7. The molecule has 0 aromatic heterocycles. The molecule has 164 valence electrons. The first kappa shape index (κ1) is 25.7. The minimum absolute atomic E-state index is 0. The third kappa shape index (κ3) is 9.33. The van der Waals surface area contributed by atoms with Crippen molar-refractivity contribution in [1.82, 2.24) is 20.4 Å². The Morgan fingerprint density at radius 1 is 1.07 bits per heavy atom. The van der Waals surface area contributed by atoms with Crippen LogP contribution in [0.5, 0.6) is 0 Å². The van der Waals surface area contributed by atoms with E-state index < -0.39 is 0 Å². The molecule has 0 radical (unpaired) electrons. The molecule has 0 heterocycles. The van der Waals surface area contributed by atoms with Gasteiger partial charge in [0.2, 0.25) is 5.91 Å². The number of halogens is 1. The van der Waals surface area contributed by atoms with E-state index in [1.807, 2.05) is 6.07 Å². The third-order valence-electron chi connectivity index (χ3n) is 5.37. The van der Waals surface area contributed by atoms with Gasteiger partial charge in [0.05, 0.1) is 0 Å². The van der Waals surface area contributed by atoms with E-state index in [1.165, 1.54) is 31.2 Å². The minimum Gasteiger partial charge on any atom is -0.356 e. The molecule has 1 aromatic carbocycles. The van der Waals surface area contributed by atoms with Gasteiger partial charge < -0.3 is 20.4 Å². The number of nitrogens with zero attached hydrogens (tertiary/aromatic N) is 3. The SMILES string of the molecule is CN(C)CC1(CNC(=NCC(=O)N(C)C)NCCc2ccccc2)CCCC1.I. The van der Waals surface area contributed by atoms with E-state index in [1.54, 1.807) is 19.0 Å².